The van der Waals surface area contributed by atoms with Crippen molar-refractivity contribution in [3.63, 3.8) is 0 Å². The zero-order valence-electron chi connectivity index (χ0n) is 17.3. The van der Waals surface area contributed by atoms with Crippen LogP contribution in [0.1, 0.15) is 19.3 Å². The van der Waals surface area contributed by atoms with E-state index < -0.39 is 12.0 Å². The second-order valence-corrected chi connectivity index (χ2v) is 8.42. The van der Waals surface area contributed by atoms with Crippen LogP contribution in [0.4, 0.5) is 14.6 Å². The van der Waals surface area contributed by atoms with Crippen LogP contribution in [0.15, 0.2) is 36.9 Å². The number of anilines is 1. The number of aryl methyl sites for hydroxylation is 1. The predicted octanol–water partition coefficient (Wildman–Crippen LogP) is 3.06. The molecule has 2 aliphatic rings. The minimum Gasteiger partial charge on any atom is -0.507 e. The third-order valence-corrected chi connectivity index (χ3v) is 6.43. The average Bonchev–Trinajstić information content (AvgIpc) is 3.38. The molecular weight excluding hydrogens is 402 g/mol. The lowest BCUT2D eigenvalue weighted by molar-refractivity contribution is 0.176. The van der Waals surface area contributed by atoms with Crippen LogP contribution in [0.3, 0.4) is 0 Å². The summed E-state index contributed by atoms with van der Waals surface area (Å²) in [6.07, 6.45) is 7.84. The Morgan fingerprint density at radius 3 is 2.71 bits per heavy atom. The van der Waals surface area contributed by atoms with Crippen LogP contribution >= 0.6 is 0 Å². The molecule has 4 heterocycles. The van der Waals surface area contributed by atoms with E-state index in [0.717, 1.165) is 19.3 Å². The Morgan fingerprint density at radius 2 is 2.00 bits per heavy atom. The number of alkyl halides is 1. The first-order chi connectivity index (χ1) is 14.9. The standard InChI is InChI=1S/C22H24F2N6O/c1-29-11-12(8-27-29)14-7-20(31)15(6-16(14)23)18-9-26-21(10-25-18)30(2)19-5-13-3-4-17(28-13)22(19)24/h6-11,13,17,19,22,28,31H,3-5H2,1-2H3/t13-,17+,19-,22+/m1/s1. The maximum atomic E-state index is 14.9. The smallest absolute Gasteiger partial charge is 0.147 e. The van der Waals surface area contributed by atoms with Gasteiger partial charge in [-0.3, -0.25) is 9.67 Å². The number of benzene rings is 1. The van der Waals surface area contributed by atoms with Crippen molar-refractivity contribution < 1.29 is 13.9 Å². The minimum absolute atomic E-state index is 0.100. The molecular formula is C22H24F2N6O. The van der Waals surface area contributed by atoms with Crippen LogP contribution in [0.2, 0.25) is 0 Å². The molecule has 0 unspecified atom stereocenters. The number of halogens is 2. The fourth-order valence-electron chi connectivity index (χ4n) is 4.71. The van der Waals surface area contributed by atoms with E-state index in [0.29, 0.717) is 23.1 Å². The summed E-state index contributed by atoms with van der Waals surface area (Å²) in [6.45, 7) is 0. The van der Waals surface area contributed by atoms with Crippen molar-refractivity contribution >= 4 is 5.82 Å². The van der Waals surface area contributed by atoms with E-state index in [1.807, 2.05) is 11.9 Å². The third-order valence-electron chi connectivity index (χ3n) is 6.43. The Kier molecular flexibility index (Phi) is 4.85. The topological polar surface area (TPSA) is 79.1 Å². The molecule has 3 aromatic rings. The van der Waals surface area contributed by atoms with Gasteiger partial charge in [0.2, 0.25) is 0 Å². The average molecular weight is 426 g/mol. The Bertz CT molecular complexity index is 1100. The van der Waals surface area contributed by atoms with Crippen LogP contribution < -0.4 is 10.2 Å². The van der Waals surface area contributed by atoms with Crippen LogP contribution in [0.5, 0.6) is 5.75 Å². The van der Waals surface area contributed by atoms with Gasteiger partial charge in [0.05, 0.1) is 30.3 Å². The van der Waals surface area contributed by atoms with Crippen molar-refractivity contribution in [2.45, 2.75) is 43.6 Å². The predicted molar refractivity (Wildman–Crippen MR) is 113 cm³/mol. The molecule has 7 nitrogen and oxygen atoms in total. The normalized spacial score (nSPS) is 25.0. The van der Waals surface area contributed by atoms with Gasteiger partial charge in [0.25, 0.3) is 0 Å². The number of phenolic OH excluding ortho intramolecular Hbond substituents is 1. The van der Waals surface area contributed by atoms with E-state index >= 15 is 0 Å². The molecule has 9 heteroatoms. The number of aromatic hydroxyl groups is 1. The Balaban J connectivity index is 1.39. The van der Waals surface area contributed by atoms with Crippen molar-refractivity contribution in [2.24, 2.45) is 7.05 Å². The monoisotopic (exact) mass is 426 g/mol. The first kappa shape index (κ1) is 19.9. The summed E-state index contributed by atoms with van der Waals surface area (Å²) in [5.41, 5.74) is 1.42. The summed E-state index contributed by atoms with van der Waals surface area (Å²) in [5, 5.41) is 17.9. The van der Waals surface area contributed by atoms with E-state index in [9.17, 15) is 13.9 Å². The molecule has 0 aliphatic carbocycles. The quantitative estimate of drug-likeness (QED) is 0.668. The number of nitrogens with one attached hydrogen (secondary N) is 1. The van der Waals surface area contributed by atoms with Gasteiger partial charge in [-0.1, -0.05) is 0 Å². The Morgan fingerprint density at radius 1 is 1.16 bits per heavy atom. The number of rotatable bonds is 4. The SMILES string of the molecule is CN(c1cnc(-c2cc(F)c(-c3cnn(C)c3)cc2O)cn1)[C@@H]1C[C@H]2CC[C@H](N2)[C@@H]1F. The zero-order chi connectivity index (χ0) is 21.7. The third kappa shape index (κ3) is 3.52. The fourth-order valence-corrected chi connectivity index (χ4v) is 4.71. The molecule has 5 rings (SSSR count). The molecule has 2 bridgehead atoms. The van der Waals surface area contributed by atoms with Gasteiger partial charge < -0.3 is 15.3 Å². The summed E-state index contributed by atoms with van der Waals surface area (Å²) in [4.78, 5) is 10.6. The van der Waals surface area contributed by atoms with Crippen molar-refractivity contribution in [3.8, 4) is 28.1 Å². The van der Waals surface area contributed by atoms with Gasteiger partial charge in [0, 0.05) is 49.1 Å². The van der Waals surface area contributed by atoms with Crippen molar-refractivity contribution in [2.75, 3.05) is 11.9 Å². The molecule has 2 aromatic heterocycles. The van der Waals surface area contributed by atoms with Crippen LogP contribution in [0, 0.1) is 5.82 Å². The highest BCUT2D eigenvalue weighted by Crippen LogP contribution is 2.36. The number of nitrogens with zero attached hydrogens (tertiary/aromatic N) is 5. The summed E-state index contributed by atoms with van der Waals surface area (Å²) in [5.74, 6) is -0.0479. The molecule has 2 aliphatic heterocycles. The Labute approximate surface area is 178 Å². The number of hydrogen-bond donors (Lipinski definition) is 2. The van der Waals surface area contributed by atoms with Crippen LogP contribution in [-0.2, 0) is 7.05 Å². The molecule has 1 aromatic carbocycles. The number of hydrogen-bond acceptors (Lipinski definition) is 6. The molecule has 0 amide bonds. The highest BCUT2D eigenvalue weighted by atomic mass is 19.1. The van der Waals surface area contributed by atoms with Crippen molar-refractivity contribution in [1.29, 1.82) is 0 Å². The first-order valence-electron chi connectivity index (χ1n) is 10.4. The van der Waals surface area contributed by atoms with Crippen molar-refractivity contribution in [3.05, 3.63) is 42.7 Å². The lowest BCUT2D eigenvalue weighted by atomic mass is 9.96. The summed E-state index contributed by atoms with van der Waals surface area (Å²) < 4.78 is 31.2. The van der Waals surface area contributed by atoms with E-state index in [1.54, 1.807) is 24.1 Å². The minimum atomic E-state index is -0.969. The van der Waals surface area contributed by atoms with Crippen LogP contribution in [-0.4, -0.2) is 56.2 Å². The first-order valence-corrected chi connectivity index (χ1v) is 10.4. The molecule has 2 saturated heterocycles. The number of piperidine rings is 1. The van der Waals surface area contributed by atoms with Crippen LogP contribution in [0.25, 0.3) is 22.4 Å². The largest absolute Gasteiger partial charge is 0.507 e. The maximum absolute atomic E-state index is 14.9. The molecule has 31 heavy (non-hydrogen) atoms. The fraction of sp³-hybridized carbons (Fsp3) is 0.409. The van der Waals surface area contributed by atoms with E-state index in [2.05, 4.69) is 20.4 Å². The number of phenols is 1. The lowest BCUT2D eigenvalue weighted by Gasteiger charge is -2.38. The number of aromatic nitrogens is 4. The summed E-state index contributed by atoms with van der Waals surface area (Å²) in [7, 11) is 3.56. The molecule has 2 fully saturated rings. The lowest BCUT2D eigenvalue weighted by Crippen LogP contribution is -2.55. The molecule has 0 radical (unpaired) electrons. The molecule has 0 saturated carbocycles. The van der Waals surface area contributed by atoms with Crippen molar-refractivity contribution in [1.82, 2.24) is 25.1 Å². The van der Waals surface area contributed by atoms with E-state index in [-0.39, 0.29) is 29.0 Å². The Hall–Kier alpha value is -3.07. The maximum Gasteiger partial charge on any atom is 0.147 e. The van der Waals surface area contributed by atoms with E-state index in [1.165, 1.54) is 24.5 Å². The second-order valence-electron chi connectivity index (χ2n) is 8.42. The highest BCUT2D eigenvalue weighted by Gasteiger charge is 2.43. The van der Waals surface area contributed by atoms with Gasteiger partial charge in [-0.05, 0) is 31.4 Å². The second kappa shape index (κ2) is 7.56. The molecule has 0 spiro atoms. The summed E-state index contributed by atoms with van der Waals surface area (Å²) in [6, 6.07) is 2.59. The van der Waals surface area contributed by atoms with Gasteiger partial charge in [-0.25, -0.2) is 13.8 Å². The van der Waals surface area contributed by atoms with Gasteiger partial charge in [-0.15, -0.1) is 0 Å². The molecule has 2 N–H and O–H groups in total. The zero-order valence-corrected chi connectivity index (χ0v) is 17.3. The van der Waals surface area contributed by atoms with Gasteiger partial charge in [0.15, 0.2) is 0 Å². The van der Waals surface area contributed by atoms with Gasteiger partial charge >= 0.3 is 0 Å². The van der Waals surface area contributed by atoms with E-state index in [4.69, 9.17) is 0 Å². The number of fused-ring (bicyclic) bond motifs is 2. The highest BCUT2D eigenvalue weighted by molar-refractivity contribution is 5.74. The van der Waals surface area contributed by atoms with Gasteiger partial charge in [-0.2, -0.15) is 5.10 Å². The molecule has 162 valence electrons. The van der Waals surface area contributed by atoms with Gasteiger partial charge in [0.1, 0.15) is 23.6 Å². The summed E-state index contributed by atoms with van der Waals surface area (Å²) >= 11 is 0. The molecule has 4 atom stereocenters.